The third-order valence-corrected chi connectivity index (χ3v) is 3.80. The summed E-state index contributed by atoms with van der Waals surface area (Å²) in [7, 11) is 0. The monoisotopic (exact) mass is 343 g/mol. The number of halogens is 1. The van der Waals surface area contributed by atoms with E-state index in [0.717, 1.165) is 26.9 Å². The number of aryl methyl sites for hydroxylation is 2. The number of nitrogens with zero attached hydrogens (tertiary/aromatic N) is 4. The third kappa shape index (κ3) is 2.54. The van der Waals surface area contributed by atoms with Gasteiger partial charge in [0.25, 0.3) is 0 Å². The van der Waals surface area contributed by atoms with Gasteiger partial charge in [-0.05, 0) is 60.2 Å². The third-order valence-electron chi connectivity index (χ3n) is 3.31. The Morgan fingerprint density at radius 1 is 1.10 bits per heavy atom. The molecule has 21 heavy (non-hydrogen) atoms. The molecule has 0 fully saturated rings. The molecule has 0 atom stereocenters. The van der Waals surface area contributed by atoms with Crippen LogP contribution in [-0.4, -0.2) is 20.2 Å². The van der Waals surface area contributed by atoms with Crippen LogP contribution < -0.4 is 5.73 Å². The summed E-state index contributed by atoms with van der Waals surface area (Å²) >= 11 is 3.46. The van der Waals surface area contributed by atoms with Gasteiger partial charge in [-0.2, -0.15) is 4.68 Å². The van der Waals surface area contributed by atoms with Gasteiger partial charge in [0.15, 0.2) is 5.82 Å². The first kappa shape index (κ1) is 13.8. The van der Waals surface area contributed by atoms with Gasteiger partial charge in [0, 0.05) is 15.7 Å². The van der Waals surface area contributed by atoms with Gasteiger partial charge in [-0.25, -0.2) is 0 Å². The van der Waals surface area contributed by atoms with Crippen molar-refractivity contribution >= 4 is 21.6 Å². The van der Waals surface area contributed by atoms with Crippen LogP contribution in [0.5, 0.6) is 0 Å². The maximum Gasteiger partial charge on any atom is 0.189 e. The van der Waals surface area contributed by atoms with Crippen LogP contribution in [0.3, 0.4) is 0 Å². The van der Waals surface area contributed by atoms with Crippen molar-refractivity contribution in [2.75, 3.05) is 5.73 Å². The van der Waals surface area contributed by atoms with Crippen LogP contribution in [0.1, 0.15) is 11.1 Å². The topological polar surface area (TPSA) is 69.6 Å². The summed E-state index contributed by atoms with van der Waals surface area (Å²) in [6.45, 7) is 4.03. The Kier molecular flexibility index (Phi) is 3.47. The molecule has 0 aliphatic heterocycles. The molecule has 0 amide bonds. The van der Waals surface area contributed by atoms with Crippen molar-refractivity contribution in [3.05, 3.63) is 52.0 Å². The summed E-state index contributed by atoms with van der Waals surface area (Å²) in [5, 5.41) is 12.1. The van der Waals surface area contributed by atoms with Crippen molar-refractivity contribution < 1.29 is 0 Å². The van der Waals surface area contributed by atoms with Crippen LogP contribution in [-0.2, 0) is 0 Å². The van der Waals surface area contributed by atoms with Gasteiger partial charge in [0.1, 0.15) is 0 Å². The first-order chi connectivity index (χ1) is 10.1. The van der Waals surface area contributed by atoms with Crippen molar-refractivity contribution in [3.63, 3.8) is 0 Å². The van der Waals surface area contributed by atoms with Gasteiger partial charge >= 0.3 is 0 Å². The van der Waals surface area contributed by atoms with Gasteiger partial charge < -0.3 is 5.73 Å². The number of hydrogen-bond acceptors (Lipinski definition) is 4. The molecule has 0 aliphatic carbocycles. The van der Waals surface area contributed by atoms with E-state index >= 15 is 0 Å². The summed E-state index contributed by atoms with van der Waals surface area (Å²) < 4.78 is 2.74. The van der Waals surface area contributed by atoms with Crippen molar-refractivity contribution in [2.45, 2.75) is 13.8 Å². The predicted molar refractivity (Wildman–Crippen MR) is 86.2 cm³/mol. The SMILES string of the molecule is Cc1ccc(N)c(-c2nnnn2-c2ccc(Br)cc2C)c1. The minimum absolute atomic E-state index is 0.640. The number of benzene rings is 2. The number of nitrogen functional groups attached to an aromatic ring is 1. The molecular formula is C15H14BrN5. The largest absolute Gasteiger partial charge is 0.398 e. The quantitative estimate of drug-likeness (QED) is 0.725. The highest BCUT2D eigenvalue weighted by Crippen LogP contribution is 2.28. The van der Waals surface area contributed by atoms with Crippen LogP contribution in [0, 0.1) is 13.8 Å². The van der Waals surface area contributed by atoms with E-state index in [1.807, 2.05) is 50.2 Å². The zero-order valence-corrected chi connectivity index (χ0v) is 13.3. The van der Waals surface area contributed by atoms with E-state index < -0.39 is 0 Å². The first-order valence-corrected chi connectivity index (χ1v) is 7.27. The number of aromatic nitrogens is 4. The van der Waals surface area contributed by atoms with Gasteiger partial charge in [-0.3, -0.25) is 0 Å². The second kappa shape index (κ2) is 5.29. The smallest absolute Gasteiger partial charge is 0.189 e. The molecule has 0 saturated carbocycles. The molecule has 1 aromatic heterocycles. The van der Waals surface area contributed by atoms with E-state index in [4.69, 9.17) is 5.73 Å². The normalized spacial score (nSPS) is 10.8. The van der Waals surface area contributed by atoms with Crippen LogP contribution in [0.2, 0.25) is 0 Å². The Balaban J connectivity index is 2.19. The zero-order valence-electron chi connectivity index (χ0n) is 11.7. The van der Waals surface area contributed by atoms with E-state index in [0.29, 0.717) is 11.5 Å². The highest BCUT2D eigenvalue weighted by molar-refractivity contribution is 9.10. The Morgan fingerprint density at radius 2 is 1.90 bits per heavy atom. The molecule has 3 aromatic rings. The highest BCUT2D eigenvalue weighted by atomic mass is 79.9. The molecule has 0 bridgehead atoms. The van der Waals surface area contributed by atoms with Crippen LogP contribution in [0.4, 0.5) is 5.69 Å². The number of anilines is 1. The Bertz CT molecular complexity index is 810. The fourth-order valence-corrected chi connectivity index (χ4v) is 2.71. The fraction of sp³-hybridized carbons (Fsp3) is 0.133. The zero-order chi connectivity index (χ0) is 15.0. The van der Waals surface area contributed by atoms with Crippen LogP contribution in [0.15, 0.2) is 40.9 Å². The predicted octanol–water partition coefficient (Wildman–Crippen LogP) is 3.29. The molecule has 2 aromatic carbocycles. The summed E-state index contributed by atoms with van der Waals surface area (Å²) in [4.78, 5) is 0. The second-order valence-corrected chi connectivity index (χ2v) is 5.85. The number of nitrogens with two attached hydrogens (primary N) is 1. The van der Waals surface area contributed by atoms with E-state index in [1.165, 1.54) is 0 Å². The van der Waals surface area contributed by atoms with Gasteiger partial charge in [0.2, 0.25) is 0 Å². The minimum atomic E-state index is 0.640. The summed E-state index contributed by atoms with van der Waals surface area (Å²) in [5.74, 6) is 0.640. The van der Waals surface area contributed by atoms with Crippen molar-refractivity contribution in [3.8, 4) is 17.1 Å². The Morgan fingerprint density at radius 3 is 2.67 bits per heavy atom. The molecule has 6 heteroatoms. The molecule has 106 valence electrons. The lowest BCUT2D eigenvalue weighted by atomic mass is 10.1. The Labute approximate surface area is 130 Å². The van der Waals surface area contributed by atoms with Crippen LogP contribution >= 0.6 is 15.9 Å². The van der Waals surface area contributed by atoms with Gasteiger partial charge in [-0.15, -0.1) is 5.10 Å². The fourth-order valence-electron chi connectivity index (χ4n) is 2.24. The van der Waals surface area contributed by atoms with Crippen molar-refractivity contribution in [2.24, 2.45) is 0 Å². The molecule has 3 rings (SSSR count). The summed E-state index contributed by atoms with van der Waals surface area (Å²) in [5.41, 5.74) is 10.7. The molecule has 0 spiro atoms. The molecule has 2 N–H and O–H groups in total. The second-order valence-electron chi connectivity index (χ2n) is 4.94. The van der Waals surface area contributed by atoms with E-state index in [2.05, 4.69) is 31.5 Å². The molecule has 5 nitrogen and oxygen atoms in total. The Hall–Kier alpha value is -2.21. The lowest BCUT2D eigenvalue weighted by Crippen LogP contribution is -2.03. The van der Waals surface area contributed by atoms with Crippen molar-refractivity contribution in [1.82, 2.24) is 20.2 Å². The molecule has 0 unspecified atom stereocenters. The van der Waals surface area contributed by atoms with Gasteiger partial charge in [-0.1, -0.05) is 27.6 Å². The standard InChI is InChI=1S/C15H14BrN5/c1-9-3-5-13(17)12(7-9)15-18-19-20-21(15)14-6-4-11(16)8-10(14)2/h3-8H,17H2,1-2H3. The van der Waals surface area contributed by atoms with E-state index in [1.54, 1.807) is 4.68 Å². The maximum atomic E-state index is 6.07. The lowest BCUT2D eigenvalue weighted by molar-refractivity contribution is 0.787. The average Bonchev–Trinajstić information content (AvgIpc) is 2.90. The van der Waals surface area contributed by atoms with Crippen LogP contribution in [0.25, 0.3) is 17.1 Å². The lowest BCUT2D eigenvalue weighted by Gasteiger charge is -2.10. The van der Waals surface area contributed by atoms with E-state index in [9.17, 15) is 0 Å². The number of tetrazole rings is 1. The van der Waals surface area contributed by atoms with Crippen molar-refractivity contribution in [1.29, 1.82) is 0 Å². The average molecular weight is 344 g/mol. The minimum Gasteiger partial charge on any atom is -0.398 e. The van der Waals surface area contributed by atoms with E-state index in [-0.39, 0.29) is 0 Å². The molecular weight excluding hydrogens is 330 g/mol. The highest BCUT2D eigenvalue weighted by Gasteiger charge is 2.15. The number of hydrogen-bond donors (Lipinski definition) is 1. The maximum absolute atomic E-state index is 6.07. The molecule has 1 heterocycles. The van der Waals surface area contributed by atoms with Gasteiger partial charge in [0.05, 0.1) is 5.69 Å². The summed E-state index contributed by atoms with van der Waals surface area (Å²) in [6, 6.07) is 11.8. The number of rotatable bonds is 2. The molecule has 0 saturated heterocycles. The molecule has 0 radical (unpaired) electrons. The first-order valence-electron chi connectivity index (χ1n) is 6.47. The summed E-state index contributed by atoms with van der Waals surface area (Å²) in [6.07, 6.45) is 0. The molecule has 0 aliphatic rings.